The quantitative estimate of drug-likeness (QED) is 0.707. The lowest BCUT2D eigenvalue weighted by Gasteiger charge is -2.19. The van der Waals surface area contributed by atoms with Crippen molar-refractivity contribution in [3.63, 3.8) is 0 Å². The summed E-state index contributed by atoms with van der Waals surface area (Å²) < 4.78 is 5.64. The lowest BCUT2D eigenvalue weighted by molar-refractivity contribution is -0.119. The highest BCUT2D eigenvalue weighted by molar-refractivity contribution is 5.48. The number of rotatable bonds is 5. The summed E-state index contributed by atoms with van der Waals surface area (Å²) in [6.45, 7) is 2.15. The smallest absolute Gasteiger partial charge is 0.210 e. The summed E-state index contributed by atoms with van der Waals surface area (Å²) >= 11 is 0. The van der Waals surface area contributed by atoms with Gasteiger partial charge in [0, 0.05) is 6.54 Å². The molecule has 3 nitrogen and oxygen atoms in total. The third-order valence-corrected chi connectivity index (χ3v) is 2.98. The zero-order valence-corrected chi connectivity index (χ0v) is 9.34. The van der Waals surface area contributed by atoms with Gasteiger partial charge in [-0.25, -0.2) is 0 Å². The highest BCUT2D eigenvalue weighted by Crippen LogP contribution is 2.15. The number of hydrogen-bond donors (Lipinski definition) is 0. The molecule has 1 aliphatic rings. The van der Waals surface area contributed by atoms with Crippen LogP contribution in [0.5, 0.6) is 0 Å². The fourth-order valence-electron chi connectivity index (χ4n) is 2.06. The molecular weight excluding hydrogens is 202 g/mol. The second-order valence-corrected chi connectivity index (χ2v) is 4.14. The molecule has 0 radical (unpaired) electrons. The van der Waals surface area contributed by atoms with E-state index in [9.17, 15) is 4.79 Å². The van der Waals surface area contributed by atoms with Crippen LogP contribution in [0.3, 0.4) is 0 Å². The van der Waals surface area contributed by atoms with Gasteiger partial charge in [0.05, 0.1) is 19.3 Å². The minimum atomic E-state index is 0.279. The first-order valence-corrected chi connectivity index (χ1v) is 5.73. The van der Waals surface area contributed by atoms with Crippen molar-refractivity contribution in [2.24, 2.45) is 0 Å². The number of benzene rings is 1. The number of hydrogen-bond acceptors (Lipinski definition) is 2. The van der Waals surface area contributed by atoms with Crippen LogP contribution in [-0.4, -0.2) is 30.5 Å². The molecule has 0 aliphatic carbocycles. The van der Waals surface area contributed by atoms with Gasteiger partial charge in [-0.15, -0.1) is 0 Å². The molecule has 1 amide bonds. The summed E-state index contributed by atoms with van der Waals surface area (Å²) in [5, 5.41) is 0. The maximum atomic E-state index is 10.7. The van der Waals surface area contributed by atoms with Crippen molar-refractivity contribution in [2.45, 2.75) is 25.5 Å². The van der Waals surface area contributed by atoms with E-state index in [1.165, 1.54) is 5.56 Å². The van der Waals surface area contributed by atoms with Crippen LogP contribution in [0.15, 0.2) is 30.3 Å². The standard InChI is InChI=1S/C13H17NO2/c15-11-14-8-4-7-13(14)10-16-9-12-5-2-1-3-6-12/h1-3,5-6,11,13H,4,7-10H2/t13-/m0/s1. The second-order valence-electron chi connectivity index (χ2n) is 4.14. The molecule has 2 rings (SSSR count). The van der Waals surface area contributed by atoms with Crippen LogP contribution in [0, 0.1) is 0 Å². The van der Waals surface area contributed by atoms with E-state index in [0.29, 0.717) is 13.2 Å². The molecule has 1 aromatic rings. The monoisotopic (exact) mass is 219 g/mol. The summed E-state index contributed by atoms with van der Waals surface area (Å²) in [5.41, 5.74) is 1.18. The molecule has 0 unspecified atom stereocenters. The third kappa shape index (κ3) is 2.83. The Bertz CT molecular complexity index is 326. The summed E-state index contributed by atoms with van der Waals surface area (Å²) in [5.74, 6) is 0. The lowest BCUT2D eigenvalue weighted by atomic mass is 10.2. The Balaban J connectivity index is 1.74. The van der Waals surface area contributed by atoms with Crippen LogP contribution >= 0.6 is 0 Å². The average Bonchev–Trinajstić information content (AvgIpc) is 2.78. The molecule has 1 saturated heterocycles. The molecule has 1 heterocycles. The van der Waals surface area contributed by atoms with Crippen LogP contribution in [0.1, 0.15) is 18.4 Å². The Labute approximate surface area is 96.0 Å². The number of carbonyl (C=O) groups excluding carboxylic acids is 1. The zero-order valence-electron chi connectivity index (χ0n) is 9.34. The fourth-order valence-corrected chi connectivity index (χ4v) is 2.06. The van der Waals surface area contributed by atoms with Crippen molar-refractivity contribution >= 4 is 6.41 Å². The minimum Gasteiger partial charge on any atom is -0.375 e. The Morgan fingerprint density at radius 3 is 2.94 bits per heavy atom. The van der Waals surface area contributed by atoms with Gasteiger partial charge in [0.15, 0.2) is 0 Å². The molecule has 1 aliphatic heterocycles. The van der Waals surface area contributed by atoms with E-state index >= 15 is 0 Å². The maximum Gasteiger partial charge on any atom is 0.210 e. The zero-order chi connectivity index (χ0) is 11.2. The van der Waals surface area contributed by atoms with Crippen LogP contribution in [-0.2, 0) is 16.1 Å². The van der Waals surface area contributed by atoms with Gasteiger partial charge in [-0.2, -0.15) is 0 Å². The molecule has 0 aromatic heterocycles. The molecule has 16 heavy (non-hydrogen) atoms. The molecule has 0 spiro atoms. The largest absolute Gasteiger partial charge is 0.375 e. The van der Waals surface area contributed by atoms with Crippen molar-refractivity contribution in [1.29, 1.82) is 0 Å². The van der Waals surface area contributed by atoms with Gasteiger partial charge in [-0.05, 0) is 18.4 Å². The first-order valence-electron chi connectivity index (χ1n) is 5.73. The van der Waals surface area contributed by atoms with Crippen molar-refractivity contribution < 1.29 is 9.53 Å². The minimum absolute atomic E-state index is 0.279. The number of ether oxygens (including phenoxy) is 1. The van der Waals surface area contributed by atoms with Crippen molar-refractivity contribution in [3.05, 3.63) is 35.9 Å². The van der Waals surface area contributed by atoms with Gasteiger partial charge in [-0.3, -0.25) is 4.79 Å². The molecule has 1 fully saturated rings. The van der Waals surface area contributed by atoms with Crippen LogP contribution in [0.4, 0.5) is 0 Å². The van der Waals surface area contributed by atoms with E-state index in [1.54, 1.807) is 0 Å². The molecule has 1 aromatic carbocycles. The SMILES string of the molecule is O=CN1CCC[C@H]1COCc1ccccc1. The summed E-state index contributed by atoms with van der Waals surface area (Å²) in [7, 11) is 0. The number of nitrogens with zero attached hydrogens (tertiary/aromatic N) is 1. The van der Waals surface area contributed by atoms with Gasteiger partial charge in [-0.1, -0.05) is 30.3 Å². The summed E-state index contributed by atoms with van der Waals surface area (Å²) in [6.07, 6.45) is 3.09. The maximum absolute atomic E-state index is 10.7. The van der Waals surface area contributed by atoms with Crippen molar-refractivity contribution in [2.75, 3.05) is 13.2 Å². The van der Waals surface area contributed by atoms with Crippen molar-refractivity contribution in [1.82, 2.24) is 4.90 Å². The first kappa shape index (κ1) is 11.1. The molecule has 0 N–H and O–H groups in total. The Hall–Kier alpha value is -1.35. The van der Waals surface area contributed by atoms with E-state index in [1.807, 2.05) is 35.2 Å². The lowest BCUT2D eigenvalue weighted by Crippen LogP contribution is -2.31. The highest BCUT2D eigenvalue weighted by Gasteiger charge is 2.22. The predicted octanol–water partition coefficient (Wildman–Crippen LogP) is 1.82. The van der Waals surface area contributed by atoms with E-state index in [0.717, 1.165) is 25.8 Å². The Morgan fingerprint density at radius 1 is 1.38 bits per heavy atom. The number of likely N-dealkylation sites (tertiary alicyclic amines) is 1. The van der Waals surface area contributed by atoms with Crippen LogP contribution in [0.25, 0.3) is 0 Å². The molecule has 86 valence electrons. The van der Waals surface area contributed by atoms with Gasteiger partial charge < -0.3 is 9.64 Å². The number of carbonyl (C=O) groups is 1. The van der Waals surface area contributed by atoms with Gasteiger partial charge in [0.1, 0.15) is 0 Å². The number of amides is 1. The normalized spacial score (nSPS) is 20.0. The second kappa shape index (κ2) is 5.66. The highest BCUT2D eigenvalue weighted by atomic mass is 16.5. The average molecular weight is 219 g/mol. The third-order valence-electron chi connectivity index (χ3n) is 2.98. The Kier molecular flexibility index (Phi) is 3.94. The van der Waals surface area contributed by atoms with Gasteiger partial charge in [0.2, 0.25) is 6.41 Å². The summed E-state index contributed by atoms with van der Waals surface area (Å²) in [6, 6.07) is 10.4. The van der Waals surface area contributed by atoms with E-state index in [4.69, 9.17) is 4.74 Å². The predicted molar refractivity (Wildman–Crippen MR) is 61.9 cm³/mol. The summed E-state index contributed by atoms with van der Waals surface area (Å²) in [4.78, 5) is 12.6. The van der Waals surface area contributed by atoms with E-state index in [2.05, 4.69) is 0 Å². The van der Waals surface area contributed by atoms with Gasteiger partial charge >= 0.3 is 0 Å². The van der Waals surface area contributed by atoms with E-state index < -0.39 is 0 Å². The van der Waals surface area contributed by atoms with Crippen molar-refractivity contribution in [3.8, 4) is 0 Å². The molecule has 0 saturated carbocycles. The van der Waals surface area contributed by atoms with Crippen LogP contribution in [0.2, 0.25) is 0 Å². The van der Waals surface area contributed by atoms with Gasteiger partial charge in [0.25, 0.3) is 0 Å². The Morgan fingerprint density at radius 2 is 2.19 bits per heavy atom. The molecule has 1 atom stereocenters. The molecule has 3 heteroatoms. The van der Waals surface area contributed by atoms with E-state index in [-0.39, 0.29) is 6.04 Å². The molecular formula is C13H17NO2. The fraction of sp³-hybridized carbons (Fsp3) is 0.462. The topological polar surface area (TPSA) is 29.5 Å². The first-order chi connectivity index (χ1) is 7.90. The molecule has 0 bridgehead atoms. The van der Waals surface area contributed by atoms with Crippen LogP contribution < -0.4 is 0 Å².